The molecular weight excluding hydrogens is 259 g/mol. The SMILES string of the molecule is Cc1cc(Br)ccc1CS(=O)(=O)F. The van der Waals surface area contributed by atoms with Crippen molar-refractivity contribution in [1.29, 1.82) is 0 Å². The topological polar surface area (TPSA) is 34.1 Å². The van der Waals surface area contributed by atoms with Crippen LogP contribution >= 0.6 is 15.9 Å². The van der Waals surface area contributed by atoms with Crippen LogP contribution in [0, 0.1) is 6.92 Å². The Hall–Kier alpha value is -0.420. The molecule has 0 heterocycles. The average molecular weight is 267 g/mol. The van der Waals surface area contributed by atoms with E-state index in [0.717, 1.165) is 10.0 Å². The quantitative estimate of drug-likeness (QED) is 0.772. The van der Waals surface area contributed by atoms with Gasteiger partial charge in [0.05, 0.1) is 0 Å². The number of hydrogen-bond donors (Lipinski definition) is 0. The predicted molar refractivity (Wildman–Crippen MR) is 52.6 cm³/mol. The minimum absolute atomic E-state index is 0.491. The highest BCUT2D eigenvalue weighted by Crippen LogP contribution is 2.18. The highest BCUT2D eigenvalue weighted by molar-refractivity contribution is 9.10. The van der Waals surface area contributed by atoms with Gasteiger partial charge in [-0.05, 0) is 30.2 Å². The monoisotopic (exact) mass is 266 g/mol. The molecule has 0 N–H and O–H groups in total. The van der Waals surface area contributed by atoms with Crippen LogP contribution in [0.2, 0.25) is 0 Å². The molecule has 0 aliphatic rings. The third-order valence-corrected chi connectivity index (χ3v) is 2.78. The second-order valence-electron chi connectivity index (χ2n) is 2.75. The maximum Gasteiger partial charge on any atom is 0.306 e. The molecule has 0 saturated carbocycles. The van der Waals surface area contributed by atoms with Gasteiger partial charge >= 0.3 is 10.2 Å². The van der Waals surface area contributed by atoms with Crippen LogP contribution in [0.15, 0.2) is 22.7 Å². The van der Waals surface area contributed by atoms with Gasteiger partial charge in [0.2, 0.25) is 0 Å². The summed E-state index contributed by atoms with van der Waals surface area (Å²) in [6.45, 7) is 1.74. The summed E-state index contributed by atoms with van der Waals surface area (Å²) in [4.78, 5) is 0. The number of halogens is 2. The Bertz CT molecular complexity index is 414. The largest absolute Gasteiger partial charge is 0.306 e. The molecule has 0 saturated heterocycles. The Labute approximate surface area is 85.1 Å². The Balaban J connectivity index is 3.04. The molecule has 0 fully saturated rings. The first-order valence-corrected chi connectivity index (χ1v) is 5.90. The molecule has 1 aromatic carbocycles. The zero-order valence-electron chi connectivity index (χ0n) is 6.92. The standard InChI is InChI=1S/C8H8BrFO2S/c1-6-4-8(9)3-2-7(6)5-13(10,11)12/h2-4H,5H2,1H3. The minimum Gasteiger partial charge on any atom is -0.194 e. The number of aryl methyl sites for hydroxylation is 1. The first-order valence-electron chi connectivity index (χ1n) is 3.56. The molecule has 0 atom stereocenters. The lowest BCUT2D eigenvalue weighted by Crippen LogP contribution is -1.98. The van der Waals surface area contributed by atoms with E-state index < -0.39 is 16.0 Å². The van der Waals surface area contributed by atoms with Crippen LogP contribution < -0.4 is 0 Å². The summed E-state index contributed by atoms with van der Waals surface area (Å²) in [6.07, 6.45) is 0. The summed E-state index contributed by atoms with van der Waals surface area (Å²) < 4.78 is 33.9. The van der Waals surface area contributed by atoms with Crippen molar-refractivity contribution in [3.63, 3.8) is 0 Å². The molecule has 5 heteroatoms. The molecule has 0 bridgehead atoms. The van der Waals surface area contributed by atoms with Gasteiger partial charge in [-0.3, -0.25) is 0 Å². The van der Waals surface area contributed by atoms with Gasteiger partial charge in [-0.2, -0.15) is 8.42 Å². The van der Waals surface area contributed by atoms with Gasteiger partial charge in [0.25, 0.3) is 0 Å². The molecule has 2 nitrogen and oxygen atoms in total. The van der Waals surface area contributed by atoms with E-state index in [9.17, 15) is 12.3 Å². The van der Waals surface area contributed by atoms with Crippen molar-refractivity contribution in [3.8, 4) is 0 Å². The van der Waals surface area contributed by atoms with Gasteiger partial charge in [-0.1, -0.05) is 22.0 Å². The van der Waals surface area contributed by atoms with Gasteiger partial charge in [0.15, 0.2) is 0 Å². The first kappa shape index (κ1) is 10.7. The first-order chi connectivity index (χ1) is 5.88. The normalized spacial score (nSPS) is 11.6. The van der Waals surface area contributed by atoms with E-state index in [2.05, 4.69) is 15.9 Å². The fourth-order valence-electron chi connectivity index (χ4n) is 1.01. The summed E-state index contributed by atoms with van der Waals surface area (Å²) in [7, 11) is -4.43. The molecule has 13 heavy (non-hydrogen) atoms. The fraction of sp³-hybridized carbons (Fsp3) is 0.250. The maximum atomic E-state index is 12.3. The lowest BCUT2D eigenvalue weighted by molar-refractivity contribution is 0.551. The summed E-state index contributed by atoms with van der Waals surface area (Å²) in [5.41, 5.74) is 1.25. The average Bonchev–Trinajstić information content (AvgIpc) is 1.93. The summed E-state index contributed by atoms with van der Waals surface area (Å²) in [6, 6.07) is 5.03. The van der Waals surface area contributed by atoms with Crippen molar-refractivity contribution >= 4 is 26.2 Å². The number of hydrogen-bond acceptors (Lipinski definition) is 2. The van der Waals surface area contributed by atoms with Crippen LogP contribution in [0.4, 0.5) is 3.89 Å². The third kappa shape index (κ3) is 3.44. The van der Waals surface area contributed by atoms with Crippen LogP contribution in [-0.4, -0.2) is 8.42 Å². The minimum atomic E-state index is -4.43. The van der Waals surface area contributed by atoms with Gasteiger partial charge in [-0.25, -0.2) is 0 Å². The number of benzene rings is 1. The van der Waals surface area contributed by atoms with Gasteiger partial charge in [0.1, 0.15) is 5.75 Å². The van der Waals surface area contributed by atoms with Crippen LogP contribution in [0.5, 0.6) is 0 Å². The van der Waals surface area contributed by atoms with Crippen LogP contribution in [-0.2, 0) is 16.0 Å². The molecule has 0 radical (unpaired) electrons. The van der Waals surface area contributed by atoms with Gasteiger partial charge < -0.3 is 0 Å². The Morgan fingerprint density at radius 2 is 2.08 bits per heavy atom. The Morgan fingerprint density at radius 1 is 1.46 bits per heavy atom. The van der Waals surface area contributed by atoms with E-state index in [0.29, 0.717) is 5.56 Å². The molecule has 72 valence electrons. The third-order valence-electron chi connectivity index (χ3n) is 1.63. The van der Waals surface area contributed by atoms with Crippen LogP contribution in [0.25, 0.3) is 0 Å². The van der Waals surface area contributed by atoms with Crippen molar-refractivity contribution in [2.75, 3.05) is 0 Å². The van der Waals surface area contributed by atoms with Crippen molar-refractivity contribution in [2.45, 2.75) is 12.7 Å². The lowest BCUT2D eigenvalue weighted by Gasteiger charge is -2.02. The zero-order valence-corrected chi connectivity index (χ0v) is 9.32. The van der Waals surface area contributed by atoms with E-state index in [1.165, 1.54) is 0 Å². The highest BCUT2D eigenvalue weighted by Gasteiger charge is 2.10. The molecule has 1 rings (SSSR count). The molecule has 1 aromatic rings. The molecule has 0 amide bonds. The molecule has 0 spiro atoms. The molecular formula is C8H8BrFO2S. The van der Waals surface area contributed by atoms with E-state index in [-0.39, 0.29) is 0 Å². The molecule has 0 aromatic heterocycles. The maximum absolute atomic E-state index is 12.3. The molecule has 0 unspecified atom stereocenters. The highest BCUT2D eigenvalue weighted by atomic mass is 79.9. The van der Waals surface area contributed by atoms with Crippen molar-refractivity contribution in [1.82, 2.24) is 0 Å². The van der Waals surface area contributed by atoms with Crippen molar-refractivity contribution in [3.05, 3.63) is 33.8 Å². The van der Waals surface area contributed by atoms with Crippen molar-refractivity contribution in [2.24, 2.45) is 0 Å². The lowest BCUT2D eigenvalue weighted by atomic mass is 10.1. The van der Waals surface area contributed by atoms with E-state index >= 15 is 0 Å². The second kappa shape index (κ2) is 3.75. The van der Waals surface area contributed by atoms with Crippen LogP contribution in [0.3, 0.4) is 0 Å². The summed E-state index contributed by atoms with van der Waals surface area (Å²) in [5.74, 6) is -0.549. The zero-order chi connectivity index (χ0) is 10.1. The van der Waals surface area contributed by atoms with E-state index in [1.54, 1.807) is 25.1 Å². The van der Waals surface area contributed by atoms with Gasteiger partial charge in [-0.15, -0.1) is 3.89 Å². The molecule has 0 aliphatic carbocycles. The van der Waals surface area contributed by atoms with Crippen LogP contribution in [0.1, 0.15) is 11.1 Å². The fourth-order valence-corrected chi connectivity index (χ4v) is 2.18. The van der Waals surface area contributed by atoms with E-state index in [4.69, 9.17) is 0 Å². The summed E-state index contributed by atoms with van der Waals surface area (Å²) >= 11 is 3.23. The summed E-state index contributed by atoms with van der Waals surface area (Å²) in [5, 5.41) is 0. The van der Waals surface area contributed by atoms with Crippen molar-refractivity contribution < 1.29 is 12.3 Å². The van der Waals surface area contributed by atoms with Gasteiger partial charge in [0, 0.05) is 4.47 Å². The molecule has 0 aliphatic heterocycles. The predicted octanol–water partition coefficient (Wildman–Crippen LogP) is 2.56. The number of rotatable bonds is 2. The smallest absolute Gasteiger partial charge is 0.194 e. The van der Waals surface area contributed by atoms with E-state index in [1.807, 2.05) is 0 Å². The Morgan fingerprint density at radius 3 is 2.54 bits per heavy atom. The second-order valence-corrected chi connectivity index (χ2v) is 5.04. The Kier molecular flexibility index (Phi) is 3.08.